The number of nitrogens with zero attached hydrogens (tertiary/aromatic N) is 1. The van der Waals surface area contributed by atoms with Gasteiger partial charge in [-0.05, 0) is 36.4 Å². The number of benzene rings is 2. The fraction of sp³-hybridized carbons (Fsp3) is 0.167. The molecule has 0 aliphatic heterocycles. The number of amides is 2. The van der Waals surface area contributed by atoms with E-state index in [-0.39, 0.29) is 22.9 Å². The standard InChI is InChI=1S/C18H18N4O4S2/c1-3-19-28(25,26)14-6-4-5-12(9-14)17(24)22-18-21-15-8-7-13(20-11(2)23)10-16(15)27-18/h4-10,19H,3H2,1-2H3,(H,20,23)(H,21,22,24). The van der Waals surface area contributed by atoms with Crippen molar-refractivity contribution in [2.45, 2.75) is 18.7 Å². The van der Waals surface area contributed by atoms with Gasteiger partial charge in [-0.15, -0.1) is 0 Å². The van der Waals surface area contributed by atoms with Crippen LogP contribution in [-0.4, -0.2) is 31.8 Å². The normalized spacial score (nSPS) is 11.4. The zero-order chi connectivity index (χ0) is 20.3. The van der Waals surface area contributed by atoms with E-state index in [1.807, 2.05) is 0 Å². The third-order valence-electron chi connectivity index (χ3n) is 3.67. The zero-order valence-electron chi connectivity index (χ0n) is 15.1. The SMILES string of the molecule is CCNS(=O)(=O)c1cccc(C(=O)Nc2nc3ccc(NC(C)=O)cc3s2)c1. The Labute approximate surface area is 166 Å². The molecule has 1 heterocycles. The van der Waals surface area contributed by atoms with Crippen LogP contribution in [0.25, 0.3) is 10.2 Å². The Kier molecular flexibility index (Phi) is 5.73. The highest BCUT2D eigenvalue weighted by atomic mass is 32.2. The van der Waals surface area contributed by atoms with E-state index in [2.05, 4.69) is 20.3 Å². The second-order valence-corrected chi connectivity index (χ2v) is 8.66. The number of thiazole rings is 1. The maximum Gasteiger partial charge on any atom is 0.257 e. The summed E-state index contributed by atoms with van der Waals surface area (Å²) in [6.07, 6.45) is 0. The fourth-order valence-corrected chi connectivity index (χ4v) is 4.49. The van der Waals surface area contributed by atoms with Crippen molar-refractivity contribution in [1.82, 2.24) is 9.71 Å². The summed E-state index contributed by atoms with van der Waals surface area (Å²) < 4.78 is 27.4. The van der Waals surface area contributed by atoms with Gasteiger partial charge in [-0.2, -0.15) is 0 Å². The molecule has 3 aromatic rings. The molecular formula is C18H18N4O4S2. The maximum atomic E-state index is 12.5. The molecule has 0 saturated carbocycles. The van der Waals surface area contributed by atoms with Crippen molar-refractivity contribution in [3.8, 4) is 0 Å². The van der Waals surface area contributed by atoms with E-state index in [4.69, 9.17) is 0 Å². The number of carbonyl (C=O) groups is 2. The van der Waals surface area contributed by atoms with Gasteiger partial charge in [-0.25, -0.2) is 18.1 Å². The molecule has 3 N–H and O–H groups in total. The van der Waals surface area contributed by atoms with Crippen LogP contribution in [0.15, 0.2) is 47.4 Å². The average Bonchev–Trinajstić information content (AvgIpc) is 3.02. The van der Waals surface area contributed by atoms with E-state index >= 15 is 0 Å². The van der Waals surface area contributed by atoms with E-state index in [0.29, 0.717) is 16.3 Å². The average molecular weight is 419 g/mol. The van der Waals surface area contributed by atoms with Crippen LogP contribution in [0.2, 0.25) is 0 Å². The van der Waals surface area contributed by atoms with Crippen molar-refractivity contribution >= 4 is 54.2 Å². The summed E-state index contributed by atoms with van der Waals surface area (Å²) in [6.45, 7) is 3.36. The van der Waals surface area contributed by atoms with Gasteiger partial charge in [0.25, 0.3) is 5.91 Å². The van der Waals surface area contributed by atoms with Crippen molar-refractivity contribution in [2.24, 2.45) is 0 Å². The Hall–Kier alpha value is -2.82. The molecule has 1 aromatic heterocycles. The lowest BCUT2D eigenvalue weighted by Crippen LogP contribution is -2.23. The predicted molar refractivity (Wildman–Crippen MR) is 109 cm³/mol. The number of anilines is 2. The van der Waals surface area contributed by atoms with Crippen molar-refractivity contribution in [3.05, 3.63) is 48.0 Å². The van der Waals surface area contributed by atoms with Gasteiger partial charge in [0, 0.05) is 24.7 Å². The third kappa shape index (κ3) is 4.53. The molecule has 8 nitrogen and oxygen atoms in total. The second kappa shape index (κ2) is 8.05. The first-order chi connectivity index (χ1) is 13.3. The van der Waals surface area contributed by atoms with Crippen LogP contribution in [0.4, 0.5) is 10.8 Å². The molecule has 0 aliphatic carbocycles. The van der Waals surface area contributed by atoms with Crippen molar-refractivity contribution in [3.63, 3.8) is 0 Å². The van der Waals surface area contributed by atoms with Gasteiger partial charge in [0.1, 0.15) is 0 Å². The predicted octanol–water partition coefficient (Wildman–Crippen LogP) is 2.81. The summed E-state index contributed by atoms with van der Waals surface area (Å²) in [6, 6.07) is 11.0. The minimum absolute atomic E-state index is 0.0197. The van der Waals surface area contributed by atoms with Crippen molar-refractivity contribution in [1.29, 1.82) is 0 Å². The first kappa shape index (κ1) is 19.9. The van der Waals surface area contributed by atoms with Gasteiger partial charge in [-0.3, -0.25) is 14.9 Å². The Morgan fingerprint density at radius 3 is 2.61 bits per heavy atom. The highest BCUT2D eigenvalue weighted by Crippen LogP contribution is 2.28. The number of sulfonamides is 1. The lowest BCUT2D eigenvalue weighted by molar-refractivity contribution is -0.114. The molecule has 146 valence electrons. The lowest BCUT2D eigenvalue weighted by atomic mass is 10.2. The van der Waals surface area contributed by atoms with Gasteiger partial charge < -0.3 is 5.32 Å². The van der Waals surface area contributed by atoms with E-state index in [1.165, 1.54) is 42.5 Å². The number of nitrogens with one attached hydrogen (secondary N) is 3. The molecule has 0 saturated heterocycles. The summed E-state index contributed by atoms with van der Waals surface area (Å²) in [7, 11) is -3.65. The smallest absolute Gasteiger partial charge is 0.257 e. The summed E-state index contributed by atoms with van der Waals surface area (Å²) in [5.74, 6) is -0.639. The third-order valence-corrected chi connectivity index (χ3v) is 6.15. The quantitative estimate of drug-likeness (QED) is 0.569. The van der Waals surface area contributed by atoms with Gasteiger partial charge in [0.15, 0.2) is 5.13 Å². The Balaban J connectivity index is 1.82. The van der Waals surface area contributed by atoms with Crippen LogP contribution in [0.5, 0.6) is 0 Å². The second-order valence-electron chi connectivity index (χ2n) is 5.87. The molecule has 0 radical (unpaired) electrons. The Morgan fingerprint density at radius 1 is 1.11 bits per heavy atom. The highest BCUT2D eigenvalue weighted by molar-refractivity contribution is 7.89. The first-order valence-electron chi connectivity index (χ1n) is 8.38. The number of aromatic nitrogens is 1. The number of rotatable bonds is 6. The molecule has 0 atom stereocenters. The van der Waals surface area contributed by atoms with Crippen LogP contribution in [0, 0.1) is 0 Å². The van der Waals surface area contributed by atoms with Crippen LogP contribution in [0.1, 0.15) is 24.2 Å². The number of carbonyl (C=O) groups excluding carboxylic acids is 2. The summed E-state index contributed by atoms with van der Waals surface area (Å²) in [5.41, 5.74) is 1.53. The zero-order valence-corrected chi connectivity index (χ0v) is 16.8. The van der Waals surface area contributed by atoms with Gasteiger partial charge in [0.2, 0.25) is 15.9 Å². The Bertz CT molecular complexity index is 1160. The molecule has 0 unspecified atom stereocenters. The minimum Gasteiger partial charge on any atom is -0.326 e. The number of hydrogen-bond acceptors (Lipinski definition) is 6. The Morgan fingerprint density at radius 2 is 1.89 bits per heavy atom. The van der Waals surface area contributed by atoms with Crippen molar-refractivity contribution in [2.75, 3.05) is 17.2 Å². The van der Waals surface area contributed by atoms with Gasteiger partial charge in [0.05, 0.1) is 15.1 Å². The summed E-state index contributed by atoms with van der Waals surface area (Å²) >= 11 is 1.25. The minimum atomic E-state index is -3.65. The molecule has 2 aromatic carbocycles. The lowest BCUT2D eigenvalue weighted by Gasteiger charge is -2.06. The van der Waals surface area contributed by atoms with Crippen LogP contribution in [-0.2, 0) is 14.8 Å². The van der Waals surface area contributed by atoms with Crippen LogP contribution >= 0.6 is 11.3 Å². The molecule has 3 rings (SSSR count). The molecule has 2 amide bonds. The van der Waals surface area contributed by atoms with E-state index in [1.54, 1.807) is 25.1 Å². The molecule has 0 fully saturated rings. The molecular weight excluding hydrogens is 400 g/mol. The molecule has 0 spiro atoms. The summed E-state index contributed by atoms with van der Waals surface area (Å²) in [4.78, 5) is 28.1. The van der Waals surface area contributed by atoms with Gasteiger partial charge in [-0.1, -0.05) is 24.3 Å². The summed E-state index contributed by atoms with van der Waals surface area (Å²) in [5, 5.41) is 5.75. The largest absolute Gasteiger partial charge is 0.326 e. The van der Waals surface area contributed by atoms with E-state index in [0.717, 1.165) is 4.70 Å². The first-order valence-corrected chi connectivity index (χ1v) is 10.7. The van der Waals surface area contributed by atoms with E-state index in [9.17, 15) is 18.0 Å². The molecule has 28 heavy (non-hydrogen) atoms. The molecule has 0 bridgehead atoms. The molecule has 10 heteroatoms. The number of fused-ring (bicyclic) bond motifs is 1. The topological polar surface area (TPSA) is 117 Å². The van der Waals surface area contributed by atoms with Crippen LogP contribution < -0.4 is 15.4 Å². The monoisotopic (exact) mass is 418 g/mol. The van der Waals surface area contributed by atoms with Gasteiger partial charge >= 0.3 is 0 Å². The molecule has 0 aliphatic rings. The maximum absolute atomic E-state index is 12.5. The van der Waals surface area contributed by atoms with Crippen molar-refractivity contribution < 1.29 is 18.0 Å². The van der Waals surface area contributed by atoms with Crippen LogP contribution in [0.3, 0.4) is 0 Å². The van der Waals surface area contributed by atoms with E-state index < -0.39 is 15.9 Å². The number of hydrogen-bond donors (Lipinski definition) is 3. The fourth-order valence-electron chi connectivity index (χ4n) is 2.51. The highest BCUT2D eigenvalue weighted by Gasteiger charge is 2.16.